The molecule has 2 rings (SSSR count). The molecule has 0 spiro atoms. The molecule has 0 radical (unpaired) electrons. The first-order valence-electron chi connectivity index (χ1n) is 8.76. The summed E-state index contributed by atoms with van der Waals surface area (Å²) in [6, 6.07) is 3.13. The Morgan fingerprint density at radius 2 is 2.08 bits per heavy atom. The molecule has 0 saturated carbocycles. The van der Waals surface area contributed by atoms with E-state index in [1.54, 1.807) is 6.07 Å². The zero-order valence-electron chi connectivity index (χ0n) is 15.2. The smallest absolute Gasteiger partial charge is 0.275 e. The largest absolute Gasteiger partial charge is 0.379 e. The molecule has 0 bridgehead atoms. The fourth-order valence-corrected chi connectivity index (χ4v) is 5.77. The summed E-state index contributed by atoms with van der Waals surface area (Å²) < 4.78 is 32.7. The van der Waals surface area contributed by atoms with Gasteiger partial charge in [-0.1, -0.05) is 11.6 Å². The molecule has 2 heterocycles. The third-order valence-electron chi connectivity index (χ3n) is 4.08. The number of rotatable bonds is 9. The van der Waals surface area contributed by atoms with Crippen molar-refractivity contribution in [2.45, 2.75) is 30.6 Å². The zero-order valence-corrected chi connectivity index (χ0v) is 17.6. The molecule has 0 aromatic carbocycles. The number of halogens is 1. The first-order chi connectivity index (χ1) is 12.3. The van der Waals surface area contributed by atoms with E-state index in [2.05, 4.69) is 5.32 Å². The van der Waals surface area contributed by atoms with Crippen LogP contribution in [0.25, 0.3) is 0 Å². The molecular weight excluding hydrogens is 398 g/mol. The lowest BCUT2D eigenvalue weighted by Gasteiger charge is -2.30. The van der Waals surface area contributed by atoms with Crippen molar-refractivity contribution in [3.63, 3.8) is 0 Å². The average Bonchev–Trinajstić information content (AvgIpc) is 3.02. The summed E-state index contributed by atoms with van der Waals surface area (Å²) in [6.07, 6.45) is 0.988. The number of carbonyl (C=O) groups is 1. The maximum absolute atomic E-state index is 12.6. The maximum Gasteiger partial charge on any atom is 0.275 e. The Morgan fingerprint density at radius 1 is 1.38 bits per heavy atom. The van der Waals surface area contributed by atoms with E-state index in [0.29, 0.717) is 50.2 Å². The molecule has 0 unspecified atom stereocenters. The Hall–Kier alpha value is -0.710. The number of piperazine rings is 1. The second-order valence-electron chi connectivity index (χ2n) is 6.51. The van der Waals surface area contributed by atoms with Crippen LogP contribution in [-0.2, 0) is 19.6 Å². The fraction of sp³-hybridized carbons (Fsp3) is 0.688. The average molecular weight is 425 g/mol. The number of sulfonamides is 1. The Labute approximate surface area is 164 Å². The number of nitrogens with zero attached hydrogens (tertiary/aromatic N) is 1. The van der Waals surface area contributed by atoms with Crippen molar-refractivity contribution in [3.05, 3.63) is 16.5 Å². The molecule has 26 heavy (non-hydrogen) atoms. The monoisotopic (exact) mass is 424 g/mol. The van der Waals surface area contributed by atoms with Crippen LogP contribution in [0.5, 0.6) is 0 Å². The highest BCUT2D eigenvalue weighted by atomic mass is 35.5. The number of hydrogen-bond donors (Lipinski definition) is 2. The fourth-order valence-electron chi connectivity index (χ4n) is 2.69. The highest BCUT2D eigenvalue weighted by molar-refractivity contribution is 7.91. The van der Waals surface area contributed by atoms with Crippen LogP contribution in [0, 0.1) is 0 Å². The molecule has 1 aliphatic rings. The number of thiophene rings is 1. The minimum Gasteiger partial charge on any atom is -0.379 e. The summed E-state index contributed by atoms with van der Waals surface area (Å²) in [6.45, 7) is 7.59. The number of ether oxygens (including phenoxy) is 1. The molecule has 1 fully saturated rings. The van der Waals surface area contributed by atoms with Gasteiger partial charge >= 0.3 is 0 Å². The van der Waals surface area contributed by atoms with E-state index in [-0.39, 0.29) is 16.2 Å². The molecule has 1 saturated heterocycles. The van der Waals surface area contributed by atoms with Gasteiger partial charge in [0.1, 0.15) is 4.21 Å². The lowest BCUT2D eigenvalue weighted by Crippen LogP contribution is -3.15. The molecule has 7 nitrogen and oxygen atoms in total. The van der Waals surface area contributed by atoms with Crippen molar-refractivity contribution >= 4 is 38.9 Å². The summed E-state index contributed by atoms with van der Waals surface area (Å²) >= 11 is 6.91. The first-order valence-corrected chi connectivity index (χ1v) is 11.4. The number of carbonyl (C=O) groups excluding carboxylic acids is 1. The van der Waals surface area contributed by atoms with Crippen molar-refractivity contribution in [1.82, 2.24) is 9.62 Å². The van der Waals surface area contributed by atoms with Crippen molar-refractivity contribution in [1.29, 1.82) is 0 Å². The second-order valence-corrected chi connectivity index (χ2v) is 10.4. The zero-order chi connectivity index (χ0) is 19.2. The van der Waals surface area contributed by atoms with E-state index in [4.69, 9.17) is 16.3 Å². The Bertz CT molecular complexity index is 685. The van der Waals surface area contributed by atoms with E-state index >= 15 is 0 Å². The van der Waals surface area contributed by atoms with Gasteiger partial charge in [0.15, 0.2) is 6.54 Å². The summed E-state index contributed by atoms with van der Waals surface area (Å²) in [7, 11) is -3.48. The highest BCUT2D eigenvalue weighted by Crippen LogP contribution is 2.27. The van der Waals surface area contributed by atoms with E-state index < -0.39 is 10.0 Å². The quantitative estimate of drug-likeness (QED) is 0.556. The highest BCUT2D eigenvalue weighted by Gasteiger charge is 2.32. The number of nitrogens with one attached hydrogen (secondary N) is 2. The van der Waals surface area contributed by atoms with E-state index in [9.17, 15) is 13.2 Å². The van der Waals surface area contributed by atoms with Gasteiger partial charge in [0.05, 0.1) is 36.6 Å². The van der Waals surface area contributed by atoms with E-state index in [0.717, 1.165) is 22.7 Å². The molecule has 1 amide bonds. The van der Waals surface area contributed by atoms with Crippen LogP contribution in [0.2, 0.25) is 4.34 Å². The summed E-state index contributed by atoms with van der Waals surface area (Å²) in [5, 5.41) is 2.89. The Kier molecular flexibility index (Phi) is 8.31. The van der Waals surface area contributed by atoms with E-state index in [1.807, 2.05) is 13.8 Å². The third kappa shape index (κ3) is 6.47. The second kappa shape index (κ2) is 10.0. The standard InChI is InChI=1S/C16H26ClN3O4S2/c1-13(2)24-11-3-6-18-15(21)12-19-7-9-20(10-8-19)26(22,23)16-5-4-14(17)25-16/h4-5,13H,3,6-12H2,1-2H3,(H,18,21)/p+1. The van der Waals surface area contributed by atoms with Gasteiger partial charge in [-0.05, 0) is 32.4 Å². The third-order valence-corrected chi connectivity index (χ3v) is 7.67. The van der Waals surface area contributed by atoms with Crippen molar-refractivity contribution in [3.8, 4) is 0 Å². The maximum atomic E-state index is 12.6. The Morgan fingerprint density at radius 3 is 2.65 bits per heavy atom. The van der Waals surface area contributed by atoms with Gasteiger partial charge < -0.3 is 15.0 Å². The summed E-state index contributed by atoms with van der Waals surface area (Å²) in [5.74, 6) is -0.00843. The predicted molar refractivity (Wildman–Crippen MR) is 102 cm³/mol. The van der Waals surface area contributed by atoms with Gasteiger partial charge in [-0.3, -0.25) is 4.79 Å². The van der Waals surface area contributed by atoms with Crippen molar-refractivity contribution in [2.75, 3.05) is 45.9 Å². The SMILES string of the molecule is CC(C)OCCCNC(=O)C[NH+]1CCN(S(=O)(=O)c2ccc(Cl)s2)CC1. The minimum atomic E-state index is -3.48. The molecule has 1 aromatic rings. The van der Waals surface area contributed by atoms with Gasteiger partial charge in [-0.2, -0.15) is 4.31 Å². The molecular formula is C16H27ClN3O4S2+. The number of hydrogen-bond acceptors (Lipinski definition) is 5. The van der Waals surface area contributed by atoms with Crippen LogP contribution in [-0.4, -0.2) is 70.6 Å². The lowest BCUT2D eigenvalue weighted by atomic mass is 10.3. The first kappa shape index (κ1) is 21.6. The molecule has 0 aliphatic carbocycles. The molecule has 10 heteroatoms. The van der Waals surface area contributed by atoms with Crippen LogP contribution < -0.4 is 10.2 Å². The van der Waals surface area contributed by atoms with Gasteiger partial charge in [0.25, 0.3) is 15.9 Å². The molecule has 148 valence electrons. The van der Waals surface area contributed by atoms with Crippen LogP contribution in [0.15, 0.2) is 16.3 Å². The summed E-state index contributed by atoms with van der Waals surface area (Å²) in [5.41, 5.74) is 0. The lowest BCUT2D eigenvalue weighted by molar-refractivity contribution is -0.895. The van der Waals surface area contributed by atoms with Gasteiger partial charge in [-0.15, -0.1) is 11.3 Å². The number of amides is 1. The normalized spacial score (nSPS) is 16.9. The van der Waals surface area contributed by atoms with Gasteiger partial charge in [-0.25, -0.2) is 8.42 Å². The number of quaternary nitrogens is 1. The van der Waals surface area contributed by atoms with Crippen molar-refractivity contribution < 1.29 is 22.8 Å². The molecule has 1 aromatic heterocycles. The molecule has 2 N–H and O–H groups in total. The molecule has 0 atom stereocenters. The van der Waals surface area contributed by atoms with Crippen LogP contribution in [0.1, 0.15) is 20.3 Å². The topological polar surface area (TPSA) is 80.2 Å². The van der Waals surface area contributed by atoms with E-state index in [1.165, 1.54) is 10.4 Å². The molecule has 1 aliphatic heterocycles. The van der Waals surface area contributed by atoms with Crippen LogP contribution in [0.4, 0.5) is 0 Å². The van der Waals surface area contributed by atoms with Crippen LogP contribution in [0.3, 0.4) is 0 Å². The predicted octanol–water partition coefficient (Wildman–Crippen LogP) is 0.222. The summed E-state index contributed by atoms with van der Waals surface area (Å²) in [4.78, 5) is 13.1. The van der Waals surface area contributed by atoms with Crippen LogP contribution >= 0.6 is 22.9 Å². The minimum absolute atomic E-state index is 0.00843. The van der Waals surface area contributed by atoms with Gasteiger partial charge in [0.2, 0.25) is 0 Å². The Balaban J connectivity index is 1.70. The van der Waals surface area contributed by atoms with Gasteiger partial charge in [0, 0.05) is 13.2 Å². The van der Waals surface area contributed by atoms with Crippen molar-refractivity contribution in [2.24, 2.45) is 0 Å².